The second-order valence-electron chi connectivity index (χ2n) is 5.27. The minimum Gasteiger partial charge on any atom is -0.444 e. The van der Waals surface area contributed by atoms with Gasteiger partial charge in [0, 0.05) is 0 Å². The Hall–Kier alpha value is -0.770. The minimum absolute atomic E-state index is 0.106. The molecule has 0 spiro atoms. The molecule has 0 aromatic rings. The largest absolute Gasteiger partial charge is 0.444 e. The van der Waals surface area contributed by atoms with Crippen molar-refractivity contribution < 1.29 is 14.3 Å². The molecule has 2 atom stereocenters. The average Bonchev–Trinajstić information content (AvgIpc) is 2.91. The number of ether oxygens (including phenoxy) is 2. The molecule has 4 nitrogen and oxygen atoms in total. The lowest BCUT2D eigenvalue weighted by Crippen LogP contribution is -2.42. The molecule has 16 heavy (non-hydrogen) atoms. The highest BCUT2D eigenvalue weighted by molar-refractivity contribution is 5.68. The number of amides is 1. The van der Waals surface area contributed by atoms with Gasteiger partial charge in [-0.05, 0) is 27.2 Å². The molecule has 1 rings (SSSR count). The first-order valence-electron chi connectivity index (χ1n) is 6.03. The molecule has 1 heterocycles. The predicted octanol–water partition coefficient (Wildman–Crippen LogP) is 2.47. The van der Waals surface area contributed by atoms with E-state index in [-0.39, 0.29) is 18.2 Å². The zero-order valence-electron chi connectivity index (χ0n) is 10.7. The molecule has 1 aliphatic rings. The van der Waals surface area contributed by atoms with Gasteiger partial charge in [-0.25, -0.2) is 4.79 Å². The molecule has 1 N–H and O–H groups in total. The van der Waals surface area contributed by atoms with Gasteiger partial charge >= 0.3 is 6.09 Å². The maximum atomic E-state index is 11.6. The van der Waals surface area contributed by atoms with Crippen LogP contribution < -0.4 is 5.32 Å². The summed E-state index contributed by atoms with van der Waals surface area (Å²) in [6.07, 6.45) is 3.03. The first kappa shape index (κ1) is 13.3. The van der Waals surface area contributed by atoms with E-state index in [0.29, 0.717) is 0 Å². The van der Waals surface area contributed by atoms with Gasteiger partial charge in [-0.15, -0.1) is 0 Å². The van der Waals surface area contributed by atoms with Crippen molar-refractivity contribution in [2.75, 3.05) is 6.61 Å². The van der Waals surface area contributed by atoms with Crippen molar-refractivity contribution in [2.45, 2.75) is 64.7 Å². The number of hydrogen-bond donors (Lipinski definition) is 1. The van der Waals surface area contributed by atoms with Crippen molar-refractivity contribution in [3.05, 3.63) is 0 Å². The van der Waals surface area contributed by atoms with Gasteiger partial charge in [0.15, 0.2) is 0 Å². The second kappa shape index (κ2) is 5.53. The average molecular weight is 229 g/mol. The quantitative estimate of drug-likeness (QED) is 0.737. The van der Waals surface area contributed by atoms with Gasteiger partial charge in [-0.2, -0.15) is 0 Å². The van der Waals surface area contributed by atoms with Gasteiger partial charge in [0.1, 0.15) is 11.7 Å². The van der Waals surface area contributed by atoms with E-state index < -0.39 is 5.60 Å². The topological polar surface area (TPSA) is 50.9 Å². The SMILES string of the molecule is CCCC[C@H](NC(=O)OC(C)(C)C)[C@H]1CO1. The fourth-order valence-corrected chi connectivity index (χ4v) is 1.52. The van der Waals surface area contributed by atoms with Gasteiger partial charge in [0.25, 0.3) is 0 Å². The Kier molecular flexibility index (Phi) is 4.59. The molecule has 4 heteroatoms. The summed E-state index contributed by atoms with van der Waals surface area (Å²) in [5.41, 5.74) is -0.441. The molecule has 1 amide bonds. The third kappa shape index (κ3) is 5.35. The molecule has 0 unspecified atom stereocenters. The van der Waals surface area contributed by atoms with E-state index in [4.69, 9.17) is 9.47 Å². The molecular weight excluding hydrogens is 206 g/mol. The van der Waals surface area contributed by atoms with Gasteiger partial charge < -0.3 is 14.8 Å². The van der Waals surface area contributed by atoms with Crippen LogP contribution in [0.3, 0.4) is 0 Å². The number of nitrogens with one attached hydrogen (secondary N) is 1. The molecule has 1 fully saturated rings. The van der Waals surface area contributed by atoms with Crippen LogP contribution in [0.5, 0.6) is 0 Å². The van der Waals surface area contributed by atoms with Crippen LogP contribution in [-0.4, -0.2) is 30.4 Å². The highest BCUT2D eigenvalue weighted by Crippen LogP contribution is 2.19. The molecule has 94 valence electrons. The van der Waals surface area contributed by atoms with E-state index >= 15 is 0 Å². The van der Waals surface area contributed by atoms with Gasteiger partial charge in [0.05, 0.1) is 12.6 Å². The second-order valence-corrected chi connectivity index (χ2v) is 5.27. The lowest BCUT2D eigenvalue weighted by Gasteiger charge is -2.22. The fraction of sp³-hybridized carbons (Fsp3) is 0.917. The van der Waals surface area contributed by atoms with Crippen LogP contribution in [-0.2, 0) is 9.47 Å². The Balaban J connectivity index is 2.33. The van der Waals surface area contributed by atoms with E-state index in [2.05, 4.69) is 12.2 Å². The summed E-state index contributed by atoms with van der Waals surface area (Å²) in [6, 6.07) is 0.106. The number of alkyl carbamates (subject to hydrolysis) is 1. The Morgan fingerprint density at radius 2 is 2.19 bits per heavy atom. The number of hydrogen-bond acceptors (Lipinski definition) is 3. The van der Waals surface area contributed by atoms with Gasteiger partial charge in [-0.3, -0.25) is 0 Å². The molecule has 1 saturated heterocycles. The molecule has 0 bridgehead atoms. The van der Waals surface area contributed by atoms with E-state index in [1.54, 1.807) is 0 Å². The van der Waals surface area contributed by atoms with E-state index in [1.807, 2.05) is 20.8 Å². The van der Waals surface area contributed by atoms with E-state index in [0.717, 1.165) is 25.9 Å². The van der Waals surface area contributed by atoms with E-state index in [1.165, 1.54) is 0 Å². The lowest BCUT2D eigenvalue weighted by molar-refractivity contribution is 0.0491. The maximum absolute atomic E-state index is 11.6. The Labute approximate surface area is 97.7 Å². The Bertz CT molecular complexity index is 231. The third-order valence-corrected chi connectivity index (χ3v) is 2.38. The smallest absolute Gasteiger partial charge is 0.407 e. The first-order valence-corrected chi connectivity index (χ1v) is 6.03. The number of rotatable bonds is 5. The van der Waals surface area contributed by atoms with Crippen molar-refractivity contribution >= 4 is 6.09 Å². The Morgan fingerprint density at radius 3 is 2.62 bits per heavy atom. The highest BCUT2D eigenvalue weighted by atomic mass is 16.6. The summed E-state index contributed by atoms with van der Waals surface area (Å²) in [7, 11) is 0. The molecule has 1 aliphatic heterocycles. The van der Waals surface area contributed by atoms with Crippen molar-refractivity contribution in [3.8, 4) is 0 Å². The molecule has 0 radical (unpaired) electrons. The van der Waals surface area contributed by atoms with Crippen molar-refractivity contribution in [1.82, 2.24) is 5.32 Å². The van der Waals surface area contributed by atoms with Crippen LogP contribution in [0.15, 0.2) is 0 Å². The first-order chi connectivity index (χ1) is 7.42. The highest BCUT2D eigenvalue weighted by Gasteiger charge is 2.34. The summed E-state index contributed by atoms with van der Waals surface area (Å²) in [4.78, 5) is 11.6. The lowest BCUT2D eigenvalue weighted by atomic mass is 10.1. The number of epoxide rings is 1. The molecule has 0 saturated carbocycles. The van der Waals surface area contributed by atoms with Crippen LogP contribution in [0.1, 0.15) is 47.0 Å². The third-order valence-electron chi connectivity index (χ3n) is 2.38. The van der Waals surface area contributed by atoms with Crippen LogP contribution >= 0.6 is 0 Å². The summed E-state index contributed by atoms with van der Waals surface area (Å²) < 4.78 is 10.4. The summed E-state index contributed by atoms with van der Waals surface area (Å²) in [5.74, 6) is 0. The Morgan fingerprint density at radius 1 is 1.56 bits per heavy atom. The summed E-state index contributed by atoms with van der Waals surface area (Å²) in [6.45, 7) is 8.48. The molecule has 0 aromatic carbocycles. The standard InChI is InChI=1S/C12H23NO3/c1-5-6-7-9(10-8-15-10)13-11(14)16-12(2,3)4/h9-10H,5-8H2,1-4H3,(H,13,14)/t9-,10+/m0/s1. The molecule has 0 aliphatic carbocycles. The molecule has 0 aromatic heterocycles. The zero-order chi connectivity index (χ0) is 12.2. The van der Waals surface area contributed by atoms with Crippen molar-refractivity contribution in [2.24, 2.45) is 0 Å². The fourth-order valence-electron chi connectivity index (χ4n) is 1.52. The summed E-state index contributed by atoms with van der Waals surface area (Å²) >= 11 is 0. The van der Waals surface area contributed by atoms with Crippen LogP contribution in [0, 0.1) is 0 Å². The molecular formula is C12H23NO3. The van der Waals surface area contributed by atoms with Gasteiger partial charge in [0.2, 0.25) is 0 Å². The minimum atomic E-state index is -0.441. The van der Waals surface area contributed by atoms with Crippen LogP contribution in [0.4, 0.5) is 4.79 Å². The maximum Gasteiger partial charge on any atom is 0.407 e. The van der Waals surface area contributed by atoms with Gasteiger partial charge in [-0.1, -0.05) is 19.8 Å². The van der Waals surface area contributed by atoms with Crippen LogP contribution in [0.25, 0.3) is 0 Å². The monoisotopic (exact) mass is 229 g/mol. The summed E-state index contributed by atoms with van der Waals surface area (Å²) in [5, 5.41) is 2.88. The van der Waals surface area contributed by atoms with Crippen LogP contribution in [0.2, 0.25) is 0 Å². The van der Waals surface area contributed by atoms with E-state index in [9.17, 15) is 4.79 Å². The number of unbranched alkanes of at least 4 members (excludes halogenated alkanes) is 1. The normalized spacial score (nSPS) is 21.4. The van der Waals surface area contributed by atoms with Crippen molar-refractivity contribution in [1.29, 1.82) is 0 Å². The zero-order valence-corrected chi connectivity index (χ0v) is 10.7. The van der Waals surface area contributed by atoms with Crippen molar-refractivity contribution in [3.63, 3.8) is 0 Å². The number of carbonyl (C=O) groups excluding carboxylic acids is 1. The predicted molar refractivity (Wildman–Crippen MR) is 62.4 cm³/mol. The number of carbonyl (C=O) groups is 1.